The van der Waals surface area contributed by atoms with Gasteiger partial charge in [0.25, 0.3) is 0 Å². The fraction of sp³-hybridized carbons (Fsp3) is 0.111. The van der Waals surface area contributed by atoms with Crippen LogP contribution in [0.2, 0.25) is 5.02 Å². The minimum Gasteiger partial charge on any atom is -0.283 e. The fourth-order valence-electron chi connectivity index (χ4n) is 3.08. The van der Waals surface area contributed by atoms with Crippen molar-refractivity contribution in [1.29, 1.82) is 0 Å². The highest BCUT2D eigenvalue weighted by molar-refractivity contribution is 6.33. The summed E-state index contributed by atoms with van der Waals surface area (Å²) in [5, 5.41) is 4.77. The highest BCUT2D eigenvalue weighted by Gasteiger charge is 2.21. The zero-order valence-corrected chi connectivity index (χ0v) is 14.2. The van der Waals surface area contributed by atoms with Gasteiger partial charge in [-0.25, -0.2) is 13.8 Å². The molecule has 0 atom stereocenters. The Hall–Kier alpha value is -2.73. The first-order valence-corrected chi connectivity index (χ1v) is 7.95. The molecule has 0 unspecified atom stereocenters. The maximum atomic E-state index is 13.4. The Bertz CT molecular complexity index is 1110. The summed E-state index contributed by atoms with van der Waals surface area (Å²) in [4.78, 5) is 4.27. The van der Waals surface area contributed by atoms with Gasteiger partial charge in [0.15, 0.2) is 0 Å². The van der Waals surface area contributed by atoms with Gasteiger partial charge in [-0.15, -0.1) is 0 Å². The Kier molecular flexibility index (Phi) is 3.58. The Balaban J connectivity index is 2.02. The van der Waals surface area contributed by atoms with Crippen molar-refractivity contribution < 1.29 is 8.78 Å². The molecule has 0 aliphatic heterocycles. The van der Waals surface area contributed by atoms with Gasteiger partial charge >= 0.3 is 0 Å². The molecule has 0 amide bonds. The van der Waals surface area contributed by atoms with Crippen LogP contribution in [0, 0.1) is 18.6 Å². The second kappa shape index (κ2) is 5.67. The molecule has 2 aromatic carbocycles. The molecule has 0 aliphatic carbocycles. The van der Waals surface area contributed by atoms with E-state index in [0.29, 0.717) is 16.1 Å². The molecule has 4 rings (SSSR count). The van der Waals surface area contributed by atoms with Gasteiger partial charge < -0.3 is 0 Å². The van der Waals surface area contributed by atoms with E-state index in [4.69, 9.17) is 11.6 Å². The minimum atomic E-state index is -0.402. The molecule has 0 spiro atoms. The summed E-state index contributed by atoms with van der Waals surface area (Å²) in [5.74, 6) is -0.0266. The number of nitrogens with zero attached hydrogens (tertiary/aromatic N) is 4. The SMILES string of the molecule is Cc1nn(C)c(-n2cnc3cc(F)ccc32)c1-c1ccc(F)cc1Cl. The molecule has 0 fully saturated rings. The van der Waals surface area contributed by atoms with Gasteiger partial charge in [-0.05, 0) is 37.3 Å². The number of benzene rings is 2. The smallest absolute Gasteiger partial charge is 0.144 e. The number of aryl methyl sites for hydroxylation is 2. The van der Waals surface area contributed by atoms with E-state index in [1.54, 1.807) is 30.2 Å². The van der Waals surface area contributed by atoms with Crippen molar-refractivity contribution in [3.8, 4) is 16.9 Å². The van der Waals surface area contributed by atoms with Crippen molar-refractivity contribution in [1.82, 2.24) is 19.3 Å². The maximum Gasteiger partial charge on any atom is 0.144 e. The first kappa shape index (κ1) is 15.8. The summed E-state index contributed by atoms with van der Waals surface area (Å²) in [6.45, 7) is 1.86. The Labute approximate surface area is 147 Å². The predicted molar refractivity (Wildman–Crippen MR) is 92.9 cm³/mol. The first-order chi connectivity index (χ1) is 12.0. The summed E-state index contributed by atoms with van der Waals surface area (Å²) in [6.07, 6.45) is 1.61. The van der Waals surface area contributed by atoms with Crippen molar-refractivity contribution in [3.63, 3.8) is 0 Å². The molecule has 4 nitrogen and oxygen atoms in total. The van der Waals surface area contributed by atoms with Crippen LogP contribution in [0.1, 0.15) is 5.69 Å². The van der Waals surface area contributed by atoms with Crippen LogP contribution in [0.5, 0.6) is 0 Å². The third kappa shape index (κ3) is 2.49. The summed E-state index contributed by atoms with van der Waals surface area (Å²) >= 11 is 6.27. The van der Waals surface area contributed by atoms with Crippen LogP contribution in [0.25, 0.3) is 28.0 Å². The zero-order valence-electron chi connectivity index (χ0n) is 13.5. The average molecular weight is 359 g/mol. The average Bonchev–Trinajstić information content (AvgIpc) is 3.07. The summed E-state index contributed by atoms with van der Waals surface area (Å²) in [5.41, 5.74) is 3.47. The monoisotopic (exact) mass is 358 g/mol. The molecular weight excluding hydrogens is 346 g/mol. The molecule has 126 valence electrons. The summed E-state index contributed by atoms with van der Waals surface area (Å²) in [7, 11) is 1.80. The van der Waals surface area contributed by atoms with E-state index in [1.807, 2.05) is 11.5 Å². The molecule has 0 radical (unpaired) electrons. The Morgan fingerprint density at radius 2 is 1.76 bits per heavy atom. The number of aromatic nitrogens is 4. The van der Waals surface area contributed by atoms with Gasteiger partial charge in [-0.1, -0.05) is 11.6 Å². The van der Waals surface area contributed by atoms with Gasteiger partial charge in [0.05, 0.1) is 21.7 Å². The number of hydrogen-bond acceptors (Lipinski definition) is 2. The van der Waals surface area contributed by atoms with Crippen molar-refractivity contribution in [2.75, 3.05) is 0 Å². The van der Waals surface area contributed by atoms with Crippen molar-refractivity contribution in [2.45, 2.75) is 6.92 Å². The number of imidazole rings is 1. The zero-order chi connectivity index (χ0) is 17.7. The fourth-order valence-corrected chi connectivity index (χ4v) is 3.35. The van der Waals surface area contributed by atoms with Gasteiger partial charge in [0.1, 0.15) is 23.8 Å². The van der Waals surface area contributed by atoms with E-state index in [0.717, 1.165) is 22.6 Å². The van der Waals surface area contributed by atoms with Crippen LogP contribution < -0.4 is 0 Å². The quantitative estimate of drug-likeness (QED) is 0.522. The van der Waals surface area contributed by atoms with Gasteiger partial charge in [0, 0.05) is 24.2 Å². The van der Waals surface area contributed by atoms with E-state index in [2.05, 4.69) is 10.1 Å². The van der Waals surface area contributed by atoms with E-state index in [1.165, 1.54) is 24.3 Å². The lowest BCUT2D eigenvalue weighted by Crippen LogP contribution is -2.03. The van der Waals surface area contributed by atoms with E-state index >= 15 is 0 Å². The molecule has 7 heteroatoms. The number of rotatable bonds is 2. The highest BCUT2D eigenvalue weighted by atomic mass is 35.5. The number of halogens is 3. The normalized spacial score (nSPS) is 11.4. The molecule has 0 bridgehead atoms. The minimum absolute atomic E-state index is 0.299. The first-order valence-electron chi connectivity index (χ1n) is 7.57. The molecule has 0 aliphatic rings. The third-order valence-corrected chi connectivity index (χ3v) is 4.44. The second-order valence-electron chi connectivity index (χ2n) is 5.78. The van der Waals surface area contributed by atoms with Gasteiger partial charge in [0.2, 0.25) is 0 Å². The van der Waals surface area contributed by atoms with Crippen LogP contribution in [0.15, 0.2) is 42.7 Å². The van der Waals surface area contributed by atoms with Gasteiger partial charge in [-0.3, -0.25) is 9.25 Å². The molecule has 0 saturated heterocycles. The molecule has 2 heterocycles. The van der Waals surface area contributed by atoms with E-state index in [-0.39, 0.29) is 5.82 Å². The number of hydrogen-bond donors (Lipinski definition) is 0. The summed E-state index contributed by atoms with van der Waals surface area (Å²) < 4.78 is 30.4. The lowest BCUT2D eigenvalue weighted by atomic mass is 10.1. The largest absolute Gasteiger partial charge is 0.283 e. The molecule has 0 saturated carbocycles. The molecule has 2 aromatic heterocycles. The molecular formula is C18H13ClF2N4. The van der Waals surface area contributed by atoms with E-state index < -0.39 is 5.82 Å². The third-order valence-electron chi connectivity index (χ3n) is 4.13. The maximum absolute atomic E-state index is 13.4. The predicted octanol–water partition coefficient (Wildman–Crippen LogP) is 4.67. The van der Waals surface area contributed by atoms with Crippen LogP contribution in [0.4, 0.5) is 8.78 Å². The molecule has 4 aromatic rings. The summed E-state index contributed by atoms with van der Waals surface area (Å²) in [6, 6.07) is 8.68. The van der Waals surface area contributed by atoms with Crippen molar-refractivity contribution in [2.24, 2.45) is 7.05 Å². The van der Waals surface area contributed by atoms with Crippen LogP contribution in [-0.2, 0) is 7.05 Å². The Morgan fingerprint density at radius 1 is 1.04 bits per heavy atom. The second-order valence-corrected chi connectivity index (χ2v) is 6.19. The Morgan fingerprint density at radius 3 is 2.52 bits per heavy atom. The van der Waals surface area contributed by atoms with Crippen LogP contribution in [0.3, 0.4) is 0 Å². The molecule has 25 heavy (non-hydrogen) atoms. The van der Waals surface area contributed by atoms with Crippen molar-refractivity contribution in [3.05, 3.63) is 65.1 Å². The lowest BCUT2D eigenvalue weighted by Gasteiger charge is -2.10. The lowest BCUT2D eigenvalue weighted by molar-refractivity contribution is 0.628. The van der Waals surface area contributed by atoms with E-state index in [9.17, 15) is 8.78 Å². The number of fused-ring (bicyclic) bond motifs is 1. The van der Waals surface area contributed by atoms with Crippen LogP contribution in [-0.4, -0.2) is 19.3 Å². The standard InChI is InChI=1S/C18H13ClF2N4/c1-10-17(13-5-3-11(20)7-14(13)19)18(24(2)23-10)25-9-22-15-8-12(21)4-6-16(15)25/h3-9H,1-2H3. The molecule has 0 N–H and O–H groups in total. The highest BCUT2D eigenvalue weighted by Crippen LogP contribution is 2.36. The van der Waals surface area contributed by atoms with Gasteiger partial charge in [-0.2, -0.15) is 5.10 Å². The van der Waals surface area contributed by atoms with Crippen molar-refractivity contribution >= 4 is 22.6 Å². The topological polar surface area (TPSA) is 35.6 Å². The van der Waals surface area contributed by atoms with Crippen LogP contribution >= 0.6 is 11.6 Å².